The molecule has 356 valence electrons. The molecule has 1 aliphatic carbocycles. The Hall–Kier alpha value is -7.10. The third kappa shape index (κ3) is 5.31. The van der Waals surface area contributed by atoms with E-state index in [9.17, 15) is 0 Å². The first-order valence-electron chi connectivity index (χ1n) is 27.8. The van der Waals surface area contributed by atoms with Gasteiger partial charge in [0.15, 0.2) is 0 Å². The van der Waals surface area contributed by atoms with Gasteiger partial charge in [-0.3, -0.25) is 0 Å². The minimum atomic E-state index is -0.585. The normalized spacial score (nSPS) is 15.8. The van der Waals surface area contributed by atoms with Gasteiger partial charge in [0.2, 0.25) is 0 Å². The van der Waals surface area contributed by atoms with Gasteiger partial charge in [-0.15, -0.1) is 0 Å². The second-order valence-corrected chi connectivity index (χ2v) is 23.0. The third-order valence-corrected chi connectivity index (χ3v) is 19.6. The molecule has 1 spiro atoms. The molecule has 0 radical (unpaired) electrons. The van der Waals surface area contributed by atoms with E-state index in [0.29, 0.717) is 23.7 Å². The highest BCUT2D eigenvalue weighted by Crippen LogP contribution is 2.63. The minimum absolute atomic E-state index is 0.000566. The van der Waals surface area contributed by atoms with Crippen LogP contribution >= 0.6 is 0 Å². The molecule has 3 heteroatoms. The van der Waals surface area contributed by atoms with Crippen LogP contribution < -0.4 is 16.4 Å². The van der Waals surface area contributed by atoms with Crippen LogP contribution in [0.15, 0.2) is 146 Å². The molecular weight excluding hydrogens is 880 g/mol. The number of aromatic nitrogens is 2. The highest BCUT2D eigenvalue weighted by atomic mass is 15.1. The van der Waals surface area contributed by atoms with Crippen LogP contribution in [0.5, 0.6) is 0 Å². The Morgan fingerprint density at radius 3 is 1.55 bits per heavy atom. The van der Waals surface area contributed by atoms with Crippen molar-refractivity contribution < 1.29 is 0 Å². The molecule has 0 saturated heterocycles. The van der Waals surface area contributed by atoms with E-state index in [-0.39, 0.29) is 6.71 Å². The zero-order valence-corrected chi connectivity index (χ0v) is 44.0. The lowest BCUT2D eigenvalue weighted by Gasteiger charge is -2.45. The predicted octanol–water partition coefficient (Wildman–Crippen LogP) is 16.9. The Balaban J connectivity index is 1.26. The molecule has 4 atom stereocenters. The molecule has 3 aliphatic heterocycles. The summed E-state index contributed by atoms with van der Waals surface area (Å²) in [4.78, 5) is 0. The molecule has 73 heavy (non-hydrogen) atoms. The number of nitrogens with zero attached hydrogens (tertiary/aromatic N) is 2. The summed E-state index contributed by atoms with van der Waals surface area (Å²) in [5.74, 6) is 1.68. The second-order valence-electron chi connectivity index (χ2n) is 23.0. The van der Waals surface area contributed by atoms with Crippen molar-refractivity contribution in [3.8, 4) is 33.6 Å². The summed E-state index contributed by atoms with van der Waals surface area (Å²) in [5, 5.41) is 8.22. The van der Waals surface area contributed by atoms with Crippen LogP contribution in [0.2, 0.25) is 0 Å². The Morgan fingerprint density at radius 2 is 0.918 bits per heavy atom. The number of fused-ring (bicyclic) bond motifs is 15. The van der Waals surface area contributed by atoms with Crippen LogP contribution in [0.1, 0.15) is 155 Å². The fourth-order valence-corrected chi connectivity index (χ4v) is 14.9. The van der Waals surface area contributed by atoms with Crippen molar-refractivity contribution in [3.63, 3.8) is 0 Å². The number of hydrogen-bond acceptors (Lipinski definition) is 0. The van der Waals surface area contributed by atoms with Crippen LogP contribution in [-0.4, -0.2) is 15.8 Å². The molecule has 15 rings (SSSR count). The fourth-order valence-electron chi connectivity index (χ4n) is 14.9. The van der Waals surface area contributed by atoms with Crippen LogP contribution in [0, 0.1) is 6.92 Å². The largest absolute Gasteiger partial charge is 0.310 e. The molecule has 0 N–H and O–H groups in total. The van der Waals surface area contributed by atoms with Gasteiger partial charge < -0.3 is 9.13 Å². The van der Waals surface area contributed by atoms with E-state index in [4.69, 9.17) is 0 Å². The van der Waals surface area contributed by atoms with Gasteiger partial charge in [0.05, 0.1) is 22.1 Å². The molecule has 2 aromatic heterocycles. The first kappa shape index (κ1) is 43.5. The summed E-state index contributed by atoms with van der Waals surface area (Å²) in [6.07, 6.45) is 4.37. The molecule has 5 heterocycles. The van der Waals surface area contributed by atoms with Crippen LogP contribution in [0.4, 0.5) is 0 Å². The maximum absolute atomic E-state index is 2.83. The number of benzene rings is 9. The molecule has 9 aromatic carbocycles. The highest BCUT2D eigenvalue weighted by molar-refractivity contribution is 7.00. The number of aryl methyl sites for hydroxylation is 1. The van der Waals surface area contributed by atoms with Crippen LogP contribution in [-0.2, 0) is 5.41 Å². The average Bonchev–Trinajstić information content (AvgIpc) is 4.06. The summed E-state index contributed by atoms with van der Waals surface area (Å²) in [7, 11) is 0. The van der Waals surface area contributed by atoms with Crippen molar-refractivity contribution in [2.75, 3.05) is 0 Å². The lowest BCUT2D eigenvalue weighted by molar-refractivity contribution is 0.717. The molecule has 11 aromatic rings. The van der Waals surface area contributed by atoms with Crippen molar-refractivity contribution >= 4 is 77.5 Å². The number of rotatable bonds is 9. The monoisotopic (exact) mass is 943 g/mol. The average molecular weight is 943 g/mol. The molecule has 0 amide bonds. The third-order valence-electron chi connectivity index (χ3n) is 19.6. The van der Waals surface area contributed by atoms with Gasteiger partial charge in [-0.05, 0) is 187 Å². The quantitative estimate of drug-likeness (QED) is 0.128. The summed E-state index contributed by atoms with van der Waals surface area (Å²) < 4.78 is 5.61. The minimum Gasteiger partial charge on any atom is -0.310 e. The smallest absolute Gasteiger partial charge is 0.252 e. The molecule has 0 bridgehead atoms. The highest BCUT2D eigenvalue weighted by Gasteiger charge is 2.55. The lowest BCUT2D eigenvalue weighted by Crippen LogP contribution is -2.61. The van der Waals surface area contributed by atoms with Crippen molar-refractivity contribution in [2.45, 2.75) is 117 Å². The molecule has 4 unspecified atom stereocenters. The van der Waals surface area contributed by atoms with Gasteiger partial charge in [0.1, 0.15) is 0 Å². The molecule has 2 nitrogen and oxygen atoms in total. The zero-order chi connectivity index (χ0) is 49.5. The van der Waals surface area contributed by atoms with E-state index in [1.807, 2.05) is 0 Å². The fraction of sp³-hybridized carbons (Fsp3) is 0.257. The van der Waals surface area contributed by atoms with E-state index < -0.39 is 5.41 Å². The summed E-state index contributed by atoms with van der Waals surface area (Å²) in [6.45, 7) is 21.5. The second kappa shape index (κ2) is 15.2. The van der Waals surface area contributed by atoms with E-state index >= 15 is 0 Å². The van der Waals surface area contributed by atoms with E-state index in [1.165, 1.54) is 154 Å². The topological polar surface area (TPSA) is 9.86 Å². The van der Waals surface area contributed by atoms with Gasteiger partial charge in [-0.1, -0.05) is 165 Å². The lowest BCUT2D eigenvalue weighted by atomic mass is 9.33. The molecule has 0 fully saturated rings. The van der Waals surface area contributed by atoms with Gasteiger partial charge in [0, 0.05) is 43.8 Å². The van der Waals surface area contributed by atoms with Crippen molar-refractivity contribution in [3.05, 3.63) is 196 Å². The van der Waals surface area contributed by atoms with Gasteiger partial charge >= 0.3 is 0 Å². The van der Waals surface area contributed by atoms with Gasteiger partial charge in [-0.2, -0.15) is 0 Å². The van der Waals surface area contributed by atoms with E-state index in [2.05, 4.69) is 217 Å². The predicted molar refractivity (Wildman–Crippen MR) is 313 cm³/mol. The van der Waals surface area contributed by atoms with Crippen LogP contribution in [0.25, 0.3) is 88.0 Å². The standard InChI is InChI=1S/C70H63BN2/c1-10-38(5)43-27-29-63-52(30-43)53-32-45(40(7)12-3)35-61-66(53)72(63)68-56(49-28-26-42(9)47-20-14-15-21-48(47)49)37-60-69-64(68)71(61)62-36-46(41(8)13-4)33-55-54-31-44(39(6)11-2)34-59(65(54)73(69)67(55)62)70(60)57-24-18-16-22-50(57)51-23-17-19-25-58(51)70/h14-41H,10-13H2,1-9H3. The number of hydrogen-bond donors (Lipinski definition) is 0. The summed E-state index contributed by atoms with van der Waals surface area (Å²) >= 11 is 0. The molecule has 4 aliphatic rings. The summed E-state index contributed by atoms with van der Waals surface area (Å²) in [6, 6.07) is 59.2. The SMILES string of the molecule is CCC(C)c1ccc2c(c1)c1cc(C(C)CC)cc3c1n2-c1c(-c2ccc(C)c4ccccc24)cc2c4c1B3c1cc(C(C)CC)cc3c5cc(C(C)CC)cc(c5n-4c13)C21c2ccccc2-c2ccccc21. The van der Waals surface area contributed by atoms with Crippen molar-refractivity contribution in [1.29, 1.82) is 0 Å². The van der Waals surface area contributed by atoms with Gasteiger partial charge in [0.25, 0.3) is 6.71 Å². The maximum atomic E-state index is 2.83. The van der Waals surface area contributed by atoms with E-state index in [0.717, 1.165) is 25.7 Å². The van der Waals surface area contributed by atoms with E-state index in [1.54, 1.807) is 0 Å². The molecular formula is C70H63BN2. The van der Waals surface area contributed by atoms with Gasteiger partial charge in [-0.25, -0.2) is 0 Å². The Morgan fingerprint density at radius 1 is 0.397 bits per heavy atom. The Labute approximate surface area is 430 Å². The van der Waals surface area contributed by atoms with Crippen molar-refractivity contribution in [2.24, 2.45) is 0 Å². The Kier molecular flexibility index (Phi) is 9.07. The zero-order valence-electron chi connectivity index (χ0n) is 44.0. The van der Waals surface area contributed by atoms with Crippen LogP contribution in [0.3, 0.4) is 0 Å². The Bertz CT molecular complexity index is 4210. The maximum Gasteiger partial charge on any atom is 0.252 e. The van der Waals surface area contributed by atoms with Crippen molar-refractivity contribution in [1.82, 2.24) is 9.13 Å². The first-order valence-corrected chi connectivity index (χ1v) is 27.8. The molecule has 0 saturated carbocycles. The first-order chi connectivity index (χ1) is 35.6. The summed E-state index contributed by atoms with van der Waals surface area (Å²) in [5.41, 5.74) is 30.1.